The lowest BCUT2D eigenvalue weighted by Crippen LogP contribution is -2.30. The zero-order valence-corrected chi connectivity index (χ0v) is 17.8. The zero-order valence-electron chi connectivity index (χ0n) is 17.8. The molecule has 1 aromatic carbocycles. The number of imide groups is 1. The zero-order chi connectivity index (χ0) is 22.1. The van der Waals surface area contributed by atoms with E-state index in [1.807, 2.05) is 30.3 Å². The van der Waals surface area contributed by atoms with Crippen molar-refractivity contribution in [1.82, 2.24) is 29.8 Å². The molecular formula is C22H24N8O2. The van der Waals surface area contributed by atoms with Crippen LogP contribution in [0.4, 0.5) is 17.6 Å². The summed E-state index contributed by atoms with van der Waals surface area (Å²) in [6, 6.07) is 9.75. The molecule has 3 aromatic rings. The minimum atomic E-state index is -0.373. The average Bonchev–Trinajstić information content (AvgIpc) is 3.24. The van der Waals surface area contributed by atoms with Gasteiger partial charge in [0.25, 0.3) is 5.91 Å². The first-order valence-electron chi connectivity index (χ1n) is 10.6. The Morgan fingerprint density at radius 2 is 1.91 bits per heavy atom. The molecule has 0 aliphatic carbocycles. The number of nitrogens with zero attached hydrogens (tertiary/aromatic N) is 6. The van der Waals surface area contributed by atoms with E-state index in [2.05, 4.69) is 32.6 Å². The van der Waals surface area contributed by atoms with Gasteiger partial charge in [-0.1, -0.05) is 18.2 Å². The molecule has 0 saturated carbocycles. The van der Waals surface area contributed by atoms with E-state index in [1.165, 1.54) is 0 Å². The number of para-hydroxylation sites is 1. The van der Waals surface area contributed by atoms with Gasteiger partial charge in [0, 0.05) is 36.5 Å². The Labute approximate surface area is 184 Å². The van der Waals surface area contributed by atoms with Crippen molar-refractivity contribution in [2.45, 2.75) is 12.8 Å². The molecule has 4 heterocycles. The van der Waals surface area contributed by atoms with Gasteiger partial charge in [-0.25, -0.2) is 0 Å². The molecule has 2 fully saturated rings. The van der Waals surface area contributed by atoms with Gasteiger partial charge in [-0.15, -0.1) is 0 Å². The largest absolute Gasteiger partial charge is 0.339 e. The van der Waals surface area contributed by atoms with Gasteiger partial charge in [-0.3, -0.25) is 14.9 Å². The molecule has 32 heavy (non-hydrogen) atoms. The van der Waals surface area contributed by atoms with Crippen LogP contribution >= 0.6 is 0 Å². The molecule has 0 spiro atoms. The number of carbonyl (C=O) groups is 2. The second-order valence-electron chi connectivity index (χ2n) is 8.04. The second kappa shape index (κ2) is 8.39. The molecule has 2 aliphatic heterocycles. The minimum Gasteiger partial charge on any atom is -0.339 e. The Bertz CT molecular complexity index is 1200. The van der Waals surface area contributed by atoms with Crippen LogP contribution in [-0.2, 0) is 9.59 Å². The average molecular weight is 432 g/mol. The summed E-state index contributed by atoms with van der Waals surface area (Å²) in [6.45, 7) is 3.63. The third kappa shape index (κ3) is 4.04. The van der Waals surface area contributed by atoms with E-state index in [0.29, 0.717) is 28.7 Å². The fourth-order valence-corrected chi connectivity index (χ4v) is 3.91. The lowest BCUT2D eigenvalue weighted by atomic mass is 10.1. The summed E-state index contributed by atoms with van der Waals surface area (Å²) >= 11 is 0. The molecule has 0 atom stereocenters. The highest BCUT2D eigenvalue weighted by Gasteiger charge is 2.25. The Hall–Kier alpha value is -3.79. The van der Waals surface area contributed by atoms with Gasteiger partial charge in [0.05, 0.1) is 12.6 Å². The second-order valence-corrected chi connectivity index (χ2v) is 8.04. The molecule has 2 saturated heterocycles. The maximum absolute atomic E-state index is 12.1. The molecule has 164 valence electrons. The highest BCUT2D eigenvalue weighted by atomic mass is 16.2. The van der Waals surface area contributed by atoms with Crippen LogP contribution in [0.2, 0.25) is 0 Å². The molecule has 0 bridgehead atoms. The van der Waals surface area contributed by atoms with Gasteiger partial charge >= 0.3 is 0 Å². The summed E-state index contributed by atoms with van der Waals surface area (Å²) in [5.74, 6) is 0.471. The number of amides is 2. The van der Waals surface area contributed by atoms with E-state index < -0.39 is 0 Å². The summed E-state index contributed by atoms with van der Waals surface area (Å²) in [7, 11) is 2.12. The van der Waals surface area contributed by atoms with Gasteiger partial charge in [-0.05, 0) is 38.2 Å². The van der Waals surface area contributed by atoms with Crippen LogP contribution in [0.5, 0.6) is 0 Å². The number of fused-ring (bicyclic) bond motifs is 1. The van der Waals surface area contributed by atoms with Crippen LogP contribution in [0.15, 0.2) is 42.1 Å². The number of aromatic nitrogens is 4. The van der Waals surface area contributed by atoms with E-state index in [4.69, 9.17) is 9.97 Å². The van der Waals surface area contributed by atoms with Crippen LogP contribution < -0.4 is 15.5 Å². The summed E-state index contributed by atoms with van der Waals surface area (Å²) in [5.41, 5.74) is 2.52. The van der Waals surface area contributed by atoms with E-state index in [-0.39, 0.29) is 18.2 Å². The first-order valence-corrected chi connectivity index (χ1v) is 10.6. The number of benzene rings is 1. The van der Waals surface area contributed by atoms with Crippen molar-refractivity contribution in [1.29, 1.82) is 0 Å². The molecule has 2 N–H and O–H groups in total. The number of nitrogens with one attached hydrogen (secondary N) is 2. The van der Waals surface area contributed by atoms with Crippen molar-refractivity contribution in [2.24, 2.45) is 0 Å². The number of likely N-dealkylation sites (N-methyl/N-ethyl adjacent to an activating group) is 1. The number of hydrogen-bond acceptors (Lipinski definition) is 8. The van der Waals surface area contributed by atoms with Crippen molar-refractivity contribution in [3.8, 4) is 0 Å². The highest BCUT2D eigenvalue weighted by Crippen LogP contribution is 2.24. The van der Waals surface area contributed by atoms with Crippen LogP contribution in [-0.4, -0.2) is 69.5 Å². The molecule has 2 amide bonds. The monoisotopic (exact) mass is 432 g/mol. The maximum Gasteiger partial charge on any atom is 0.254 e. The van der Waals surface area contributed by atoms with Gasteiger partial charge in [-0.2, -0.15) is 19.6 Å². The Morgan fingerprint density at radius 1 is 1.06 bits per heavy atom. The molecule has 10 heteroatoms. The van der Waals surface area contributed by atoms with E-state index in [1.54, 1.807) is 16.8 Å². The van der Waals surface area contributed by atoms with E-state index in [0.717, 1.165) is 38.3 Å². The van der Waals surface area contributed by atoms with Crippen LogP contribution in [0.1, 0.15) is 18.4 Å². The Morgan fingerprint density at radius 3 is 2.69 bits per heavy atom. The molecule has 2 aromatic heterocycles. The van der Waals surface area contributed by atoms with Crippen molar-refractivity contribution in [3.63, 3.8) is 0 Å². The number of carbonyl (C=O) groups excluding carboxylic acids is 2. The fraction of sp³-hybridized carbons (Fsp3) is 0.318. The van der Waals surface area contributed by atoms with Gasteiger partial charge < -0.3 is 15.1 Å². The van der Waals surface area contributed by atoms with E-state index in [9.17, 15) is 9.59 Å². The van der Waals surface area contributed by atoms with Crippen LogP contribution in [0.3, 0.4) is 0 Å². The third-order valence-corrected chi connectivity index (χ3v) is 5.64. The first kappa shape index (κ1) is 20.1. The molecule has 2 aliphatic rings. The van der Waals surface area contributed by atoms with Gasteiger partial charge in [0.15, 0.2) is 5.65 Å². The highest BCUT2D eigenvalue weighted by molar-refractivity contribution is 6.15. The lowest BCUT2D eigenvalue weighted by Gasteiger charge is -2.21. The quantitative estimate of drug-likeness (QED) is 0.471. The molecule has 10 nitrogen and oxygen atoms in total. The molecule has 5 rings (SSSR count). The summed E-state index contributed by atoms with van der Waals surface area (Å²) in [4.78, 5) is 37.7. The molecule has 0 radical (unpaired) electrons. The topological polar surface area (TPSA) is 108 Å². The van der Waals surface area contributed by atoms with Crippen molar-refractivity contribution in [3.05, 3.63) is 47.7 Å². The number of hydrogen-bond donors (Lipinski definition) is 2. The minimum absolute atomic E-state index is 0.0572. The molecular weight excluding hydrogens is 408 g/mol. The summed E-state index contributed by atoms with van der Waals surface area (Å²) in [6.07, 6.45) is 4.40. The third-order valence-electron chi connectivity index (χ3n) is 5.64. The normalized spacial score (nSPS) is 18.9. The lowest BCUT2D eigenvalue weighted by molar-refractivity contribution is -0.124. The molecule has 0 unspecified atom stereocenters. The Balaban J connectivity index is 1.59. The van der Waals surface area contributed by atoms with Crippen molar-refractivity contribution >= 4 is 41.1 Å². The van der Waals surface area contributed by atoms with Crippen molar-refractivity contribution in [2.75, 3.05) is 43.4 Å². The van der Waals surface area contributed by atoms with E-state index >= 15 is 0 Å². The van der Waals surface area contributed by atoms with Crippen LogP contribution in [0.25, 0.3) is 11.7 Å². The Kier molecular flexibility index (Phi) is 5.28. The fourth-order valence-electron chi connectivity index (χ4n) is 3.91. The number of rotatable bonds is 4. The van der Waals surface area contributed by atoms with Gasteiger partial charge in [0.1, 0.15) is 0 Å². The number of anilines is 3. The maximum atomic E-state index is 12.1. The van der Waals surface area contributed by atoms with Gasteiger partial charge in [0.2, 0.25) is 17.8 Å². The van der Waals surface area contributed by atoms with Crippen molar-refractivity contribution < 1.29 is 9.59 Å². The SMILES string of the molecule is CN1CCCN(c2nc(Nc3ccccc3)n3ncc(/C=C4\CC(=O)NC4=O)c3n2)CC1. The predicted molar refractivity (Wildman–Crippen MR) is 121 cm³/mol. The summed E-state index contributed by atoms with van der Waals surface area (Å²) in [5, 5.41) is 10.1. The van der Waals surface area contributed by atoms with Crippen LogP contribution in [0, 0.1) is 0 Å². The predicted octanol–water partition coefficient (Wildman–Crippen LogP) is 1.44. The standard InChI is InChI=1S/C22H24N8O2/c1-28-8-5-9-29(11-10-28)21-26-19-16(12-15-13-18(31)25-20(15)32)14-23-30(19)22(27-21)24-17-6-3-2-4-7-17/h2-4,6-7,12,14H,5,8-11,13H2,1H3,(H,24,26,27)(H,25,31,32)/b15-12+. The first-order chi connectivity index (χ1) is 15.6. The summed E-state index contributed by atoms with van der Waals surface area (Å²) < 4.78 is 1.63. The smallest absolute Gasteiger partial charge is 0.254 e.